The van der Waals surface area contributed by atoms with Gasteiger partial charge >= 0.3 is 0 Å². The van der Waals surface area contributed by atoms with E-state index in [1.165, 1.54) is 11.1 Å². The first-order valence-electron chi connectivity index (χ1n) is 9.40. The Balaban J connectivity index is 3.17. The molecule has 0 fully saturated rings. The second kappa shape index (κ2) is 11.3. The predicted molar refractivity (Wildman–Crippen MR) is 115 cm³/mol. The Bertz CT molecular complexity index is 650. The third kappa shape index (κ3) is 7.26. The van der Waals surface area contributed by atoms with Crippen LogP contribution in [0.25, 0.3) is 0 Å². The Morgan fingerprint density at radius 2 is 1.96 bits per heavy atom. The molecular weight excluding hydrogens is 320 g/mol. The van der Waals surface area contributed by atoms with Crippen LogP contribution < -0.4 is 5.32 Å². The Kier molecular flexibility index (Phi) is 9.42. The maximum atomic E-state index is 4.77. The average molecular weight is 355 g/mol. The van der Waals surface area contributed by atoms with Crippen LogP contribution in [-0.2, 0) is 0 Å². The maximum Gasteiger partial charge on any atom is 0.136 e. The molecule has 4 nitrogen and oxygen atoms in total. The van der Waals surface area contributed by atoms with E-state index in [0.717, 1.165) is 30.8 Å². The molecule has 142 valence electrons. The fraction of sp³-hybridized carbons (Fsp3) is 0.455. The lowest BCUT2D eigenvalue weighted by Gasteiger charge is -2.25. The summed E-state index contributed by atoms with van der Waals surface area (Å²) in [6.07, 6.45) is 15.0. The molecule has 0 aliphatic carbocycles. The van der Waals surface area contributed by atoms with Crippen LogP contribution in [0.5, 0.6) is 0 Å². The number of nitrogens with one attached hydrogen (secondary N) is 1. The summed E-state index contributed by atoms with van der Waals surface area (Å²) in [5, 5.41) is 3.35. The molecule has 0 spiro atoms. The second-order valence-corrected chi connectivity index (χ2v) is 6.58. The van der Waals surface area contributed by atoms with Crippen LogP contribution in [0, 0.1) is 0 Å². The predicted octanol–water partition coefficient (Wildman–Crippen LogP) is 5.70. The van der Waals surface area contributed by atoms with E-state index < -0.39 is 0 Å². The fourth-order valence-corrected chi connectivity index (χ4v) is 2.70. The van der Waals surface area contributed by atoms with E-state index in [1.807, 2.05) is 12.3 Å². The van der Waals surface area contributed by atoms with Gasteiger partial charge in [0.05, 0.1) is 0 Å². The molecule has 1 unspecified atom stereocenters. The zero-order valence-electron chi connectivity index (χ0n) is 17.2. The van der Waals surface area contributed by atoms with Crippen LogP contribution in [0.4, 0.5) is 0 Å². The van der Waals surface area contributed by atoms with Gasteiger partial charge < -0.3 is 10.2 Å². The Morgan fingerprint density at radius 3 is 2.58 bits per heavy atom. The molecular formula is C22H34N4. The first-order valence-corrected chi connectivity index (χ1v) is 9.40. The number of hydrogen-bond donors (Lipinski definition) is 1. The third-order valence-electron chi connectivity index (χ3n) is 4.11. The summed E-state index contributed by atoms with van der Waals surface area (Å²) in [5.74, 6) is 1.46. The summed E-state index contributed by atoms with van der Waals surface area (Å²) >= 11 is 0. The van der Waals surface area contributed by atoms with Gasteiger partial charge in [0.1, 0.15) is 17.8 Å². The Morgan fingerprint density at radius 1 is 1.27 bits per heavy atom. The average Bonchev–Trinajstić information content (AvgIpc) is 2.67. The molecule has 26 heavy (non-hydrogen) atoms. The highest BCUT2D eigenvalue weighted by atomic mass is 15.3. The number of amidine groups is 1. The highest BCUT2D eigenvalue weighted by Crippen LogP contribution is 2.13. The zero-order valence-corrected chi connectivity index (χ0v) is 17.2. The monoisotopic (exact) mass is 354 g/mol. The van der Waals surface area contributed by atoms with Gasteiger partial charge in [-0.2, -0.15) is 0 Å². The summed E-state index contributed by atoms with van der Waals surface area (Å²) in [6.45, 7) is 16.7. The zero-order chi connectivity index (χ0) is 19.5. The molecule has 0 aromatic carbocycles. The highest BCUT2D eigenvalue weighted by Gasteiger charge is 2.14. The molecule has 0 bridgehead atoms. The van der Waals surface area contributed by atoms with Crippen molar-refractivity contribution in [2.45, 2.75) is 67.0 Å². The molecule has 1 atom stereocenters. The smallest absolute Gasteiger partial charge is 0.136 e. The van der Waals surface area contributed by atoms with Crippen LogP contribution in [0.1, 0.15) is 60.8 Å². The largest absolute Gasteiger partial charge is 0.345 e. The molecule has 0 radical (unpaired) electrons. The van der Waals surface area contributed by atoms with Crippen molar-refractivity contribution in [2.75, 3.05) is 0 Å². The molecule has 0 saturated carbocycles. The molecule has 1 N–H and O–H groups in total. The van der Waals surface area contributed by atoms with E-state index >= 15 is 0 Å². The van der Waals surface area contributed by atoms with E-state index in [1.54, 1.807) is 0 Å². The van der Waals surface area contributed by atoms with E-state index in [9.17, 15) is 0 Å². The molecule has 1 rings (SSSR count). The highest BCUT2D eigenvalue weighted by molar-refractivity contribution is 5.95. The third-order valence-corrected chi connectivity index (χ3v) is 4.11. The van der Waals surface area contributed by atoms with Gasteiger partial charge in [0.2, 0.25) is 0 Å². The maximum absolute atomic E-state index is 4.77. The number of rotatable bonds is 6. The van der Waals surface area contributed by atoms with Crippen molar-refractivity contribution >= 4 is 12.1 Å². The lowest BCUT2D eigenvalue weighted by molar-refractivity contribution is 0.445. The van der Waals surface area contributed by atoms with Gasteiger partial charge in [0, 0.05) is 18.1 Å². The van der Waals surface area contributed by atoms with Crippen LogP contribution >= 0.6 is 0 Å². The Labute approximate surface area is 159 Å². The van der Waals surface area contributed by atoms with Crippen LogP contribution in [0.15, 0.2) is 69.7 Å². The fourth-order valence-electron chi connectivity index (χ4n) is 2.70. The van der Waals surface area contributed by atoms with E-state index in [2.05, 4.69) is 87.8 Å². The molecule has 4 heteroatoms. The van der Waals surface area contributed by atoms with Gasteiger partial charge in [-0.15, -0.1) is 0 Å². The molecule has 0 aromatic rings. The number of hydrogen-bond acceptors (Lipinski definition) is 3. The van der Waals surface area contributed by atoms with Crippen molar-refractivity contribution in [1.29, 1.82) is 0 Å². The quantitative estimate of drug-likeness (QED) is 0.491. The Hall–Kier alpha value is -2.36. The number of allylic oxidation sites excluding steroid dienone is 6. The standard InChI is InChI=1S/C22H34N4/c1-8-21(9-2)18(5)24-19(6)25-22(16-17(3)4)26-15-13-11-10-12-14-23-20(26)7/h10,12-16,20,24H,6,8-9,11H2,1-5,7H3/b12-10-,15-13-,23-14-,25-22+. The molecule has 0 saturated heterocycles. The van der Waals surface area contributed by atoms with Crippen molar-refractivity contribution in [3.63, 3.8) is 0 Å². The van der Waals surface area contributed by atoms with Crippen LogP contribution in [0.2, 0.25) is 0 Å². The van der Waals surface area contributed by atoms with E-state index in [0.29, 0.717) is 5.82 Å². The molecule has 1 aliphatic heterocycles. The van der Waals surface area contributed by atoms with Gasteiger partial charge in [-0.3, -0.25) is 4.99 Å². The van der Waals surface area contributed by atoms with Gasteiger partial charge in [-0.25, -0.2) is 4.99 Å². The molecule has 1 heterocycles. The van der Waals surface area contributed by atoms with Crippen molar-refractivity contribution in [3.05, 3.63) is 59.7 Å². The molecule has 0 aromatic heterocycles. The second-order valence-electron chi connectivity index (χ2n) is 6.58. The SMILES string of the molecule is C=C(/N=C(\C=C(C)C)N1/C=C\C/C=C\C=N/C1C)NC(C)=C(CC)CC. The lowest BCUT2D eigenvalue weighted by atomic mass is 10.1. The molecule has 1 aliphatic rings. The van der Waals surface area contributed by atoms with Gasteiger partial charge in [-0.1, -0.05) is 43.7 Å². The lowest BCUT2D eigenvalue weighted by Crippen LogP contribution is -2.32. The van der Waals surface area contributed by atoms with Crippen LogP contribution in [0.3, 0.4) is 0 Å². The van der Waals surface area contributed by atoms with E-state index in [4.69, 9.17) is 4.99 Å². The van der Waals surface area contributed by atoms with Gasteiger partial charge in [0.15, 0.2) is 0 Å². The van der Waals surface area contributed by atoms with E-state index in [-0.39, 0.29) is 6.17 Å². The topological polar surface area (TPSA) is 40.0 Å². The number of nitrogens with zero attached hydrogens (tertiary/aromatic N) is 3. The summed E-state index contributed by atoms with van der Waals surface area (Å²) in [7, 11) is 0. The van der Waals surface area contributed by atoms with Gasteiger partial charge in [0.25, 0.3) is 0 Å². The van der Waals surface area contributed by atoms with Gasteiger partial charge in [-0.05, 0) is 59.1 Å². The van der Waals surface area contributed by atoms with Crippen molar-refractivity contribution in [2.24, 2.45) is 9.98 Å². The van der Waals surface area contributed by atoms with Crippen molar-refractivity contribution in [3.8, 4) is 0 Å². The normalized spacial score (nSPS) is 20.9. The first kappa shape index (κ1) is 21.7. The first-order chi connectivity index (χ1) is 12.4. The minimum atomic E-state index is -0.0466. The summed E-state index contributed by atoms with van der Waals surface area (Å²) in [4.78, 5) is 11.4. The minimum absolute atomic E-state index is 0.0466. The summed E-state index contributed by atoms with van der Waals surface area (Å²) in [5.41, 5.74) is 3.70. The minimum Gasteiger partial charge on any atom is -0.345 e. The van der Waals surface area contributed by atoms with Crippen LogP contribution in [-0.4, -0.2) is 23.1 Å². The van der Waals surface area contributed by atoms with Crippen molar-refractivity contribution < 1.29 is 0 Å². The molecule has 0 amide bonds. The van der Waals surface area contributed by atoms with Crippen molar-refractivity contribution in [1.82, 2.24) is 10.2 Å². The summed E-state index contributed by atoms with van der Waals surface area (Å²) < 4.78 is 0. The number of aliphatic imine (C=N–C) groups is 2. The summed E-state index contributed by atoms with van der Waals surface area (Å²) in [6, 6.07) is 0.